The number of anilines is 2. The van der Waals surface area contributed by atoms with Crippen LogP contribution in [0.1, 0.15) is 24.1 Å². The number of carbonyl (C=O) groups excluding carboxylic acids is 1. The summed E-state index contributed by atoms with van der Waals surface area (Å²) in [6, 6.07) is 20.5. The molecule has 5 rings (SSSR count). The standard InChI is InChI=1S/C25H21BrClN3O2S/c1-14-6-11-20-19(12-14)22-21(23(31)28-17-9-7-16(27)8-10-17)25(2,32-20)30(24(33)29-22)18-5-3-4-15(26)13-18/h3-13,21-22H,1-2H3,(H,28,31)(H,29,33)/t21-,22-,25-/m0/s1. The molecule has 2 bridgehead atoms. The van der Waals surface area contributed by atoms with Crippen molar-refractivity contribution in [1.29, 1.82) is 0 Å². The average Bonchev–Trinajstić information content (AvgIpc) is 2.75. The first-order valence-electron chi connectivity index (χ1n) is 10.5. The molecule has 3 aromatic rings. The topological polar surface area (TPSA) is 53.6 Å². The number of thiocarbonyl (C=S) groups is 1. The summed E-state index contributed by atoms with van der Waals surface area (Å²) in [5.74, 6) is -0.0428. The van der Waals surface area contributed by atoms with Crippen LogP contribution in [0.5, 0.6) is 5.75 Å². The monoisotopic (exact) mass is 541 g/mol. The number of nitrogens with zero attached hydrogens (tertiary/aromatic N) is 1. The van der Waals surface area contributed by atoms with E-state index in [1.54, 1.807) is 24.3 Å². The summed E-state index contributed by atoms with van der Waals surface area (Å²) in [5, 5.41) is 7.58. The third-order valence-corrected chi connectivity index (χ3v) is 7.16. The highest BCUT2D eigenvalue weighted by atomic mass is 79.9. The molecule has 1 amide bonds. The summed E-state index contributed by atoms with van der Waals surface area (Å²) in [6.07, 6.45) is 0. The average molecular weight is 543 g/mol. The second-order valence-electron chi connectivity index (χ2n) is 8.41. The van der Waals surface area contributed by atoms with Gasteiger partial charge >= 0.3 is 0 Å². The van der Waals surface area contributed by atoms with Gasteiger partial charge in [0.25, 0.3) is 0 Å². The van der Waals surface area contributed by atoms with Crippen LogP contribution in [-0.2, 0) is 4.79 Å². The molecular weight excluding hydrogens is 522 g/mol. The van der Waals surface area contributed by atoms with Crippen LogP contribution in [0, 0.1) is 12.8 Å². The quantitative estimate of drug-likeness (QED) is 0.386. The first-order valence-corrected chi connectivity index (χ1v) is 12.1. The van der Waals surface area contributed by atoms with Crippen LogP contribution in [0.15, 0.2) is 71.2 Å². The van der Waals surface area contributed by atoms with E-state index in [9.17, 15) is 4.79 Å². The zero-order valence-electron chi connectivity index (χ0n) is 17.9. The van der Waals surface area contributed by atoms with Gasteiger partial charge in [-0.2, -0.15) is 0 Å². The van der Waals surface area contributed by atoms with Gasteiger partial charge in [-0.3, -0.25) is 9.69 Å². The minimum absolute atomic E-state index is 0.174. The number of aryl methyl sites for hydroxylation is 1. The maximum absolute atomic E-state index is 13.8. The van der Waals surface area contributed by atoms with Gasteiger partial charge in [0.2, 0.25) is 5.91 Å². The highest BCUT2D eigenvalue weighted by Gasteiger charge is 2.59. The molecular formula is C25H21BrClN3O2S. The van der Waals surface area contributed by atoms with Crippen LogP contribution in [-0.4, -0.2) is 16.7 Å². The fourth-order valence-corrected chi connectivity index (χ4v) is 5.59. The molecule has 0 unspecified atom stereocenters. The van der Waals surface area contributed by atoms with E-state index in [1.165, 1.54) is 0 Å². The second kappa shape index (κ2) is 8.31. The lowest BCUT2D eigenvalue weighted by Gasteiger charge is -2.56. The minimum atomic E-state index is -1.06. The van der Waals surface area contributed by atoms with Gasteiger partial charge in [0.05, 0.1) is 6.04 Å². The number of halogens is 2. The Morgan fingerprint density at radius 1 is 1.18 bits per heavy atom. The number of rotatable bonds is 3. The predicted molar refractivity (Wildman–Crippen MR) is 139 cm³/mol. The maximum atomic E-state index is 13.8. The molecule has 2 heterocycles. The molecule has 0 aliphatic carbocycles. The Bertz CT molecular complexity index is 1270. The fourth-order valence-electron chi connectivity index (χ4n) is 4.66. The first kappa shape index (κ1) is 22.2. The Hall–Kier alpha value is -2.61. The summed E-state index contributed by atoms with van der Waals surface area (Å²) in [7, 11) is 0. The maximum Gasteiger partial charge on any atom is 0.236 e. The summed E-state index contributed by atoms with van der Waals surface area (Å²) in [4.78, 5) is 15.7. The number of benzene rings is 3. The van der Waals surface area contributed by atoms with Crippen molar-refractivity contribution in [2.45, 2.75) is 25.6 Å². The Labute approximate surface area is 211 Å². The Morgan fingerprint density at radius 3 is 2.67 bits per heavy atom. The number of nitrogens with one attached hydrogen (secondary N) is 2. The number of ether oxygens (including phenoxy) is 1. The van der Waals surface area contributed by atoms with Gasteiger partial charge in [0.1, 0.15) is 11.7 Å². The largest absolute Gasteiger partial charge is 0.467 e. The number of hydrogen-bond acceptors (Lipinski definition) is 3. The molecule has 168 valence electrons. The van der Waals surface area contributed by atoms with Gasteiger partial charge in [-0.25, -0.2) is 0 Å². The van der Waals surface area contributed by atoms with Gasteiger partial charge in [0, 0.05) is 26.4 Å². The molecule has 2 aliphatic heterocycles. The summed E-state index contributed by atoms with van der Waals surface area (Å²) in [5.41, 5.74) is 2.42. The van der Waals surface area contributed by atoms with Crippen molar-refractivity contribution in [3.63, 3.8) is 0 Å². The summed E-state index contributed by atoms with van der Waals surface area (Å²) in [6.45, 7) is 3.94. The Morgan fingerprint density at radius 2 is 1.94 bits per heavy atom. The number of carbonyl (C=O) groups is 1. The highest BCUT2D eigenvalue weighted by Crippen LogP contribution is 2.50. The van der Waals surface area contributed by atoms with Crippen molar-refractivity contribution in [2.24, 2.45) is 5.92 Å². The molecule has 5 nitrogen and oxygen atoms in total. The normalized spacial score (nSPS) is 23.3. The lowest BCUT2D eigenvalue weighted by atomic mass is 9.78. The first-order chi connectivity index (χ1) is 15.8. The Balaban J connectivity index is 1.63. The fraction of sp³-hybridized carbons (Fsp3) is 0.200. The molecule has 0 aromatic heterocycles. The lowest BCUT2D eigenvalue weighted by Crippen LogP contribution is -2.72. The van der Waals surface area contributed by atoms with Gasteiger partial charge in [-0.05, 0) is 74.6 Å². The van der Waals surface area contributed by atoms with E-state index in [0.717, 1.165) is 27.0 Å². The zero-order valence-corrected chi connectivity index (χ0v) is 21.1. The van der Waals surface area contributed by atoms with Gasteiger partial charge in [-0.1, -0.05) is 51.3 Å². The van der Waals surface area contributed by atoms with Gasteiger partial charge < -0.3 is 15.4 Å². The SMILES string of the molecule is Cc1ccc2c(c1)[C@@H]1NC(=S)N(c3cccc(Br)c3)[C@@](C)(O2)[C@@H]1C(=O)Nc1ccc(Cl)cc1. The number of amides is 1. The second-order valence-corrected chi connectivity index (χ2v) is 10.2. The summed E-state index contributed by atoms with van der Waals surface area (Å²) < 4.78 is 7.52. The highest BCUT2D eigenvalue weighted by molar-refractivity contribution is 9.10. The molecule has 0 saturated carbocycles. The molecule has 3 atom stereocenters. The van der Waals surface area contributed by atoms with Crippen molar-refractivity contribution in [2.75, 3.05) is 10.2 Å². The van der Waals surface area contributed by atoms with Crippen molar-refractivity contribution in [1.82, 2.24) is 5.32 Å². The smallest absolute Gasteiger partial charge is 0.236 e. The van der Waals surface area contributed by atoms with Crippen molar-refractivity contribution in [3.05, 3.63) is 87.4 Å². The van der Waals surface area contributed by atoms with Crippen LogP contribution in [0.4, 0.5) is 11.4 Å². The molecule has 33 heavy (non-hydrogen) atoms. The van der Waals surface area contributed by atoms with E-state index in [1.807, 2.05) is 61.2 Å². The van der Waals surface area contributed by atoms with Crippen LogP contribution in [0.2, 0.25) is 5.02 Å². The molecule has 3 aromatic carbocycles. The van der Waals surface area contributed by atoms with Crippen molar-refractivity contribution in [3.8, 4) is 5.75 Å². The van der Waals surface area contributed by atoms with E-state index in [2.05, 4.69) is 26.6 Å². The van der Waals surface area contributed by atoms with E-state index >= 15 is 0 Å². The minimum Gasteiger partial charge on any atom is -0.467 e. The van der Waals surface area contributed by atoms with Crippen LogP contribution >= 0.6 is 39.7 Å². The van der Waals surface area contributed by atoms with Crippen LogP contribution in [0.25, 0.3) is 0 Å². The molecule has 1 saturated heterocycles. The molecule has 2 N–H and O–H groups in total. The molecule has 0 spiro atoms. The molecule has 1 fully saturated rings. The van der Waals surface area contributed by atoms with E-state index in [-0.39, 0.29) is 11.9 Å². The number of fused-ring (bicyclic) bond motifs is 4. The third-order valence-electron chi connectivity index (χ3n) is 6.11. The molecule has 8 heteroatoms. The number of hydrogen-bond donors (Lipinski definition) is 2. The molecule has 2 aliphatic rings. The Kier molecular flexibility index (Phi) is 5.59. The molecule has 0 radical (unpaired) electrons. The lowest BCUT2D eigenvalue weighted by molar-refractivity contribution is -0.130. The van der Waals surface area contributed by atoms with Crippen molar-refractivity contribution < 1.29 is 9.53 Å². The third kappa shape index (κ3) is 3.88. The van der Waals surface area contributed by atoms with Crippen molar-refractivity contribution >= 4 is 62.1 Å². The summed E-state index contributed by atoms with van der Waals surface area (Å²) >= 11 is 15.4. The van der Waals surface area contributed by atoms with E-state index in [0.29, 0.717) is 15.8 Å². The predicted octanol–water partition coefficient (Wildman–Crippen LogP) is 6.21. The van der Waals surface area contributed by atoms with Crippen LogP contribution in [0.3, 0.4) is 0 Å². The van der Waals surface area contributed by atoms with Crippen LogP contribution < -0.4 is 20.3 Å². The van der Waals surface area contributed by atoms with E-state index < -0.39 is 11.6 Å². The van der Waals surface area contributed by atoms with Gasteiger partial charge in [-0.15, -0.1) is 0 Å². The van der Waals surface area contributed by atoms with Gasteiger partial charge in [0.15, 0.2) is 10.8 Å². The van der Waals surface area contributed by atoms with E-state index in [4.69, 9.17) is 28.6 Å². The zero-order chi connectivity index (χ0) is 23.3.